The van der Waals surface area contributed by atoms with E-state index in [0.717, 1.165) is 37.6 Å². The zero-order valence-corrected chi connectivity index (χ0v) is 22.2. The number of pyridine rings is 1. The van der Waals surface area contributed by atoms with Crippen LogP contribution < -0.4 is 9.64 Å². The molecular formula is C27H33ClN4O5. The molecule has 198 valence electrons. The molecule has 0 spiro atoms. The lowest BCUT2D eigenvalue weighted by molar-refractivity contribution is -0.178. The molecule has 1 saturated heterocycles. The van der Waals surface area contributed by atoms with E-state index in [1.807, 2.05) is 18.2 Å². The minimum absolute atomic E-state index is 0.101. The normalized spacial score (nSPS) is 22.8. The molecule has 1 aromatic carbocycles. The van der Waals surface area contributed by atoms with Crippen LogP contribution in [0.5, 0.6) is 6.01 Å². The first kappa shape index (κ1) is 25.8. The summed E-state index contributed by atoms with van der Waals surface area (Å²) in [6.07, 6.45) is 2.40. The van der Waals surface area contributed by atoms with Crippen LogP contribution in [0.3, 0.4) is 0 Å². The molecule has 9 nitrogen and oxygen atoms in total. The number of nitrogens with zero attached hydrogens (tertiary/aromatic N) is 3. The molecule has 5 rings (SSSR count). The lowest BCUT2D eigenvalue weighted by Gasteiger charge is -2.46. The van der Waals surface area contributed by atoms with Gasteiger partial charge in [-0.15, -0.1) is 0 Å². The van der Waals surface area contributed by atoms with E-state index in [1.54, 1.807) is 21.0 Å². The molecule has 2 N–H and O–H groups in total. The van der Waals surface area contributed by atoms with Crippen LogP contribution in [-0.4, -0.2) is 71.1 Å². The number of carbonyl (C=O) groups is 1. The van der Waals surface area contributed by atoms with Crippen LogP contribution in [0.1, 0.15) is 39.5 Å². The maximum absolute atomic E-state index is 11.9. The van der Waals surface area contributed by atoms with Crippen molar-refractivity contribution in [2.45, 2.75) is 51.2 Å². The minimum atomic E-state index is -0.996. The standard InChI is InChI=1S/C27H33ClN4O5/c1-26(2,24(33)34)27(35-3)10-8-19(9-11-27)37-25-29-21-16-20(28)22(30-23(21)31-25)17-4-6-18(7-5-17)32-12-14-36-15-13-32/h4-7,16,19H,8-15H2,1-3H3,(H,33,34)(H,29,30,31)/t19-,27+. The van der Waals surface area contributed by atoms with Gasteiger partial charge in [-0.05, 0) is 57.7 Å². The Morgan fingerprint density at radius 3 is 2.49 bits per heavy atom. The molecule has 2 fully saturated rings. The summed E-state index contributed by atoms with van der Waals surface area (Å²) in [6, 6.07) is 10.4. The number of aromatic nitrogens is 3. The number of imidazole rings is 1. The van der Waals surface area contributed by atoms with Gasteiger partial charge < -0.3 is 29.2 Å². The molecule has 2 aromatic heterocycles. The van der Waals surface area contributed by atoms with Crippen molar-refractivity contribution in [3.8, 4) is 17.3 Å². The third kappa shape index (κ3) is 4.87. The summed E-state index contributed by atoms with van der Waals surface area (Å²) in [6.45, 7) is 6.69. The molecule has 3 heterocycles. The molecule has 0 atom stereocenters. The smallest absolute Gasteiger partial charge is 0.312 e. The van der Waals surface area contributed by atoms with Gasteiger partial charge in [0.1, 0.15) is 6.10 Å². The van der Waals surface area contributed by atoms with Gasteiger partial charge in [0, 0.05) is 31.5 Å². The third-order valence-electron chi connectivity index (χ3n) is 8.00. The Morgan fingerprint density at radius 1 is 1.19 bits per heavy atom. The van der Waals surface area contributed by atoms with Crippen molar-refractivity contribution in [2.24, 2.45) is 5.41 Å². The number of benzene rings is 1. The molecule has 3 aromatic rings. The highest BCUT2D eigenvalue weighted by molar-refractivity contribution is 6.33. The predicted octanol–water partition coefficient (Wildman–Crippen LogP) is 4.93. The van der Waals surface area contributed by atoms with Gasteiger partial charge in [-0.3, -0.25) is 4.79 Å². The van der Waals surface area contributed by atoms with Crippen LogP contribution in [0.2, 0.25) is 5.02 Å². The molecule has 0 amide bonds. The number of ether oxygens (including phenoxy) is 3. The number of halogens is 1. The highest BCUT2D eigenvalue weighted by Gasteiger charge is 2.52. The highest BCUT2D eigenvalue weighted by Crippen LogP contribution is 2.45. The van der Waals surface area contributed by atoms with Gasteiger partial charge in [0.15, 0.2) is 5.65 Å². The number of aromatic amines is 1. The summed E-state index contributed by atoms with van der Waals surface area (Å²) >= 11 is 6.60. The molecule has 1 aliphatic heterocycles. The van der Waals surface area contributed by atoms with Crippen molar-refractivity contribution in [3.63, 3.8) is 0 Å². The van der Waals surface area contributed by atoms with Crippen LogP contribution >= 0.6 is 11.6 Å². The molecule has 10 heteroatoms. The lowest BCUT2D eigenvalue weighted by Crippen LogP contribution is -2.54. The first-order chi connectivity index (χ1) is 17.7. The van der Waals surface area contributed by atoms with E-state index >= 15 is 0 Å². The molecule has 1 saturated carbocycles. The Kier molecular flexibility index (Phi) is 7.04. The Balaban J connectivity index is 1.29. The average Bonchev–Trinajstić information content (AvgIpc) is 3.30. The van der Waals surface area contributed by atoms with E-state index in [4.69, 9.17) is 30.8 Å². The van der Waals surface area contributed by atoms with Gasteiger partial charge >= 0.3 is 5.97 Å². The quantitative estimate of drug-likeness (QED) is 0.444. The van der Waals surface area contributed by atoms with Crippen molar-refractivity contribution in [3.05, 3.63) is 35.4 Å². The second kappa shape index (κ2) is 10.1. The Bertz CT molecular complexity index is 1260. The molecule has 0 unspecified atom stereocenters. The van der Waals surface area contributed by atoms with Crippen molar-refractivity contribution >= 4 is 34.4 Å². The van der Waals surface area contributed by atoms with Crippen molar-refractivity contribution in [1.29, 1.82) is 0 Å². The van der Waals surface area contributed by atoms with E-state index in [9.17, 15) is 9.90 Å². The number of anilines is 1. The van der Waals surface area contributed by atoms with E-state index < -0.39 is 17.0 Å². The van der Waals surface area contributed by atoms with Crippen molar-refractivity contribution < 1.29 is 24.1 Å². The van der Waals surface area contributed by atoms with E-state index in [1.165, 1.54) is 0 Å². The molecule has 2 aliphatic rings. The highest BCUT2D eigenvalue weighted by atomic mass is 35.5. The van der Waals surface area contributed by atoms with E-state index in [2.05, 4.69) is 27.0 Å². The van der Waals surface area contributed by atoms with Gasteiger partial charge in [-0.1, -0.05) is 23.7 Å². The third-order valence-corrected chi connectivity index (χ3v) is 8.29. The Labute approximate surface area is 221 Å². The number of carboxylic acids is 1. The van der Waals surface area contributed by atoms with Gasteiger partial charge in [0.2, 0.25) is 0 Å². The minimum Gasteiger partial charge on any atom is -0.481 e. The summed E-state index contributed by atoms with van der Waals surface area (Å²) in [5.41, 5.74) is 2.23. The fourth-order valence-corrected chi connectivity index (χ4v) is 5.68. The number of carboxylic acid groups (broad SMARTS) is 1. The monoisotopic (exact) mass is 528 g/mol. The number of hydrogen-bond acceptors (Lipinski definition) is 7. The lowest BCUT2D eigenvalue weighted by atomic mass is 9.66. The SMILES string of the molecule is CO[C@]1(C(C)(C)C(=O)O)CC[C@H](Oc2nc3nc(-c4ccc(N5CCOCC5)cc4)c(Cl)cc3[nH]2)CC1. The van der Waals surface area contributed by atoms with Gasteiger partial charge in [-0.2, -0.15) is 4.98 Å². The van der Waals surface area contributed by atoms with Crippen LogP contribution in [-0.2, 0) is 14.3 Å². The molecule has 0 radical (unpaired) electrons. The fraction of sp³-hybridized carbons (Fsp3) is 0.519. The number of hydrogen-bond donors (Lipinski definition) is 2. The number of nitrogens with one attached hydrogen (secondary N) is 1. The Morgan fingerprint density at radius 2 is 1.86 bits per heavy atom. The number of aliphatic carboxylic acids is 1. The zero-order valence-electron chi connectivity index (χ0n) is 21.4. The summed E-state index contributed by atoms with van der Waals surface area (Å²) in [5.74, 6) is -0.861. The summed E-state index contributed by atoms with van der Waals surface area (Å²) in [7, 11) is 1.59. The second-order valence-corrected chi connectivity index (χ2v) is 10.7. The summed E-state index contributed by atoms with van der Waals surface area (Å²) in [5, 5.41) is 10.2. The fourth-order valence-electron chi connectivity index (χ4n) is 5.42. The van der Waals surface area contributed by atoms with Crippen LogP contribution in [0, 0.1) is 5.41 Å². The topological polar surface area (TPSA) is 110 Å². The summed E-state index contributed by atoms with van der Waals surface area (Å²) in [4.78, 5) is 26.6. The van der Waals surface area contributed by atoms with Crippen LogP contribution in [0.4, 0.5) is 5.69 Å². The van der Waals surface area contributed by atoms with Crippen molar-refractivity contribution in [1.82, 2.24) is 15.0 Å². The molecule has 0 bridgehead atoms. The van der Waals surface area contributed by atoms with Crippen LogP contribution in [0.15, 0.2) is 30.3 Å². The maximum atomic E-state index is 11.9. The first-order valence-corrected chi connectivity index (χ1v) is 13.0. The van der Waals surface area contributed by atoms with E-state index in [0.29, 0.717) is 53.6 Å². The number of rotatable bonds is 7. The zero-order chi connectivity index (χ0) is 26.2. The molecule has 37 heavy (non-hydrogen) atoms. The number of morpholine rings is 1. The average molecular weight is 529 g/mol. The van der Waals surface area contributed by atoms with Gasteiger partial charge in [0.05, 0.1) is 40.5 Å². The second-order valence-electron chi connectivity index (χ2n) is 10.3. The number of fused-ring (bicyclic) bond motifs is 1. The van der Waals surface area contributed by atoms with Crippen molar-refractivity contribution in [2.75, 3.05) is 38.3 Å². The maximum Gasteiger partial charge on any atom is 0.312 e. The first-order valence-electron chi connectivity index (χ1n) is 12.7. The Hall–Kier alpha value is -2.88. The number of H-pyrrole nitrogens is 1. The molecular weight excluding hydrogens is 496 g/mol. The largest absolute Gasteiger partial charge is 0.481 e. The number of methoxy groups -OCH3 is 1. The molecule has 1 aliphatic carbocycles. The summed E-state index contributed by atoms with van der Waals surface area (Å²) < 4.78 is 17.4. The van der Waals surface area contributed by atoms with Gasteiger partial charge in [0.25, 0.3) is 6.01 Å². The predicted molar refractivity (Wildman–Crippen MR) is 141 cm³/mol. The van der Waals surface area contributed by atoms with E-state index in [-0.39, 0.29) is 6.10 Å². The van der Waals surface area contributed by atoms with Crippen LogP contribution in [0.25, 0.3) is 22.4 Å². The van der Waals surface area contributed by atoms with Gasteiger partial charge in [-0.25, -0.2) is 4.98 Å².